The van der Waals surface area contributed by atoms with Crippen LogP contribution in [0.2, 0.25) is 5.02 Å². The number of halogens is 4. The lowest BCUT2D eigenvalue weighted by Gasteiger charge is -2.09. The molecule has 146 valence electrons. The van der Waals surface area contributed by atoms with E-state index in [9.17, 15) is 28.1 Å². The molecule has 2 aromatic rings. The van der Waals surface area contributed by atoms with E-state index in [2.05, 4.69) is 5.10 Å². The first-order chi connectivity index (χ1) is 12.4. The molecule has 0 fully saturated rings. The van der Waals surface area contributed by atoms with E-state index in [-0.39, 0.29) is 16.3 Å². The summed E-state index contributed by atoms with van der Waals surface area (Å²) in [5.74, 6) is -1.82. The van der Waals surface area contributed by atoms with Crippen LogP contribution in [-0.4, -0.2) is 31.0 Å². The van der Waals surface area contributed by atoms with Crippen LogP contribution in [-0.2, 0) is 18.0 Å². The van der Waals surface area contributed by atoms with Gasteiger partial charge < -0.3 is 9.84 Å². The van der Waals surface area contributed by atoms with Crippen molar-refractivity contribution in [3.05, 3.63) is 39.0 Å². The van der Waals surface area contributed by atoms with E-state index < -0.39 is 38.9 Å². The molecule has 1 N–H and O–H groups in total. The number of nitro benzene ring substituents is 1. The van der Waals surface area contributed by atoms with Crippen LogP contribution < -0.4 is 4.74 Å². The first-order valence-corrected chi connectivity index (χ1v) is 8.33. The van der Waals surface area contributed by atoms with Crippen molar-refractivity contribution < 1.29 is 32.7 Å². The molecule has 13 heteroatoms. The number of rotatable bonds is 6. The van der Waals surface area contributed by atoms with Gasteiger partial charge >= 0.3 is 12.1 Å². The Bertz CT molecular complexity index is 903. The van der Waals surface area contributed by atoms with Crippen LogP contribution in [0.4, 0.5) is 18.9 Å². The molecule has 1 heterocycles. The molecule has 0 spiro atoms. The summed E-state index contributed by atoms with van der Waals surface area (Å²) in [4.78, 5) is 21.3. The first kappa shape index (κ1) is 20.8. The molecule has 0 aliphatic carbocycles. The summed E-state index contributed by atoms with van der Waals surface area (Å²) >= 11 is 6.38. The number of carbonyl (C=O) groups is 1. The maximum Gasteiger partial charge on any atom is 0.434 e. The third-order valence-electron chi connectivity index (χ3n) is 3.22. The van der Waals surface area contributed by atoms with Crippen molar-refractivity contribution in [3.8, 4) is 11.6 Å². The van der Waals surface area contributed by atoms with Crippen molar-refractivity contribution in [1.29, 1.82) is 0 Å². The molecule has 0 radical (unpaired) electrons. The number of alkyl halides is 3. The third kappa shape index (κ3) is 4.63. The third-order valence-corrected chi connectivity index (χ3v) is 4.70. The minimum absolute atomic E-state index is 0.0319. The van der Waals surface area contributed by atoms with Gasteiger partial charge in [-0.3, -0.25) is 19.6 Å². The fraction of sp³-hybridized carbons (Fsp3) is 0.286. The summed E-state index contributed by atoms with van der Waals surface area (Å²) in [6.45, 7) is 1.33. The molecule has 0 saturated carbocycles. The molecule has 1 unspecified atom stereocenters. The number of carboxylic acids is 1. The zero-order valence-corrected chi connectivity index (χ0v) is 15.2. The highest BCUT2D eigenvalue weighted by Gasteiger charge is 2.39. The van der Waals surface area contributed by atoms with Crippen LogP contribution in [0.25, 0.3) is 0 Å². The molecule has 1 aromatic carbocycles. The number of aliphatic carboxylic acids is 1. The zero-order valence-electron chi connectivity index (χ0n) is 13.7. The number of carboxylic acid groups (broad SMARTS) is 1. The molecule has 0 bridgehead atoms. The van der Waals surface area contributed by atoms with Crippen molar-refractivity contribution >= 4 is 35.0 Å². The molecule has 2 rings (SSSR count). The quantitative estimate of drug-likeness (QED) is 0.416. The molecule has 0 aliphatic rings. The number of benzene rings is 1. The van der Waals surface area contributed by atoms with Crippen LogP contribution in [0.5, 0.6) is 11.6 Å². The minimum Gasteiger partial charge on any atom is -0.480 e. The van der Waals surface area contributed by atoms with Crippen LogP contribution in [0.15, 0.2) is 23.1 Å². The second kappa shape index (κ2) is 7.64. The monoisotopic (exact) mass is 425 g/mol. The number of ether oxygens (including phenoxy) is 1. The topological polar surface area (TPSA) is 107 Å². The average Bonchev–Trinajstić information content (AvgIpc) is 2.80. The van der Waals surface area contributed by atoms with Crippen molar-refractivity contribution in [1.82, 2.24) is 9.78 Å². The van der Waals surface area contributed by atoms with Crippen LogP contribution in [0, 0.1) is 10.1 Å². The summed E-state index contributed by atoms with van der Waals surface area (Å²) in [5.41, 5.74) is -1.58. The highest BCUT2D eigenvalue weighted by molar-refractivity contribution is 8.00. The number of hydrogen-bond acceptors (Lipinski definition) is 6. The molecule has 27 heavy (non-hydrogen) atoms. The van der Waals surface area contributed by atoms with Gasteiger partial charge in [-0.25, -0.2) is 0 Å². The first-order valence-electron chi connectivity index (χ1n) is 7.07. The molecule has 1 atom stereocenters. The smallest absolute Gasteiger partial charge is 0.434 e. The van der Waals surface area contributed by atoms with E-state index in [0.717, 1.165) is 25.2 Å². The zero-order chi connectivity index (χ0) is 20.5. The average molecular weight is 426 g/mol. The second-order valence-electron chi connectivity index (χ2n) is 5.18. The molecule has 0 saturated heterocycles. The molecular formula is C14H11ClF3N3O5S. The Morgan fingerprint density at radius 3 is 2.59 bits per heavy atom. The van der Waals surface area contributed by atoms with Gasteiger partial charge in [-0.2, -0.15) is 13.2 Å². The number of nitro groups is 1. The molecule has 1 aromatic heterocycles. The van der Waals surface area contributed by atoms with Crippen molar-refractivity contribution in [2.45, 2.75) is 23.2 Å². The van der Waals surface area contributed by atoms with Crippen molar-refractivity contribution in [3.63, 3.8) is 0 Å². The number of thioether (sulfide) groups is 1. The Labute approximate surface area is 159 Å². The summed E-state index contributed by atoms with van der Waals surface area (Å²) in [5, 5.41) is 21.8. The Balaban J connectivity index is 2.41. The molecule has 0 amide bonds. The standard InChI is InChI=1S/C14H11ClF3N3O5S/c1-6(13(22)23)27-9-5-7(3-4-8(9)21(24)25)26-12-10(15)11(14(16,17)18)20(2)19-12/h3-6H,1-2H3,(H,22,23). The predicted molar refractivity (Wildman–Crippen MR) is 89.3 cm³/mol. The fourth-order valence-electron chi connectivity index (χ4n) is 2.00. The largest absolute Gasteiger partial charge is 0.480 e. The van der Waals surface area contributed by atoms with Gasteiger partial charge in [0, 0.05) is 19.2 Å². The highest BCUT2D eigenvalue weighted by Crippen LogP contribution is 2.41. The highest BCUT2D eigenvalue weighted by atomic mass is 35.5. The summed E-state index contributed by atoms with van der Waals surface area (Å²) in [6, 6.07) is 3.33. The molecule has 0 aliphatic heterocycles. The number of aromatic nitrogens is 2. The van der Waals surface area contributed by atoms with Gasteiger partial charge in [0.2, 0.25) is 0 Å². The molecular weight excluding hydrogens is 415 g/mol. The van der Waals surface area contributed by atoms with E-state index in [0.29, 0.717) is 16.4 Å². The lowest BCUT2D eigenvalue weighted by Crippen LogP contribution is -2.12. The van der Waals surface area contributed by atoms with E-state index in [1.54, 1.807) is 0 Å². The van der Waals surface area contributed by atoms with Gasteiger partial charge in [0.25, 0.3) is 11.6 Å². The maximum atomic E-state index is 13.0. The van der Waals surface area contributed by atoms with Gasteiger partial charge in [0.1, 0.15) is 16.0 Å². The molecule has 8 nitrogen and oxygen atoms in total. The maximum absolute atomic E-state index is 13.0. The second-order valence-corrected chi connectivity index (χ2v) is 6.94. The fourth-order valence-corrected chi connectivity index (χ4v) is 3.24. The lowest BCUT2D eigenvalue weighted by molar-refractivity contribution is -0.387. The van der Waals surface area contributed by atoms with E-state index in [1.807, 2.05) is 0 Å². The van der Waals surface area contributed by atoms with Gasteiger partial charge in [0.15, 0.2) is 5.69 Å². The van der Waals surface area contributed by atoms with Crippen LogP contribution >= 0.6 is 23.4 Å². The SMILES string of the molecule is CC(Sc1cc(Oc2nn(C)c(C(F)(F)F)c2Cl)ccc1[N+](=O)[O-])C(=O)O. The van der Waals surface area contributed by atoms with E-state index in [4.69, 9.17) is 21.4 Å². The van der Waals surface area contributed by atoms with E-state index >= 15 is 0 Å². The van der Waals surface area contributed by atoms with E-state index in [1.165, 1.54) is 6.92 Å². The van der Waals surface area contributed by atoms with Crippen LogP contribution in [0.3, 0.4) is 0 Å². The Morgan fingerprint density at radius 2 is 2.11 bits per heavy atom. The Kier molecular flexibility index (Phi) is 5.90. The minimum atomic E-state index is -4.76. The number of nitrogens with zero attached hydrogens (tertiary/aromatic N) is 3. The van der Waals surface area contributed by atoms with Crippen molar-refractivity contribution in [2.75, 3.05) is 0 Å². The predicted octanol–water partition coefficient (Wildman–Crippen LogP) is 4.36. The lowest BCUT2D eigenvalue weighted by atomic mass is 10.3. The van der Waals surface area contributed by atoms with Crippen molar-refractivity contribution in [2.24, 2.45) is 7.05 Å². The number of aryl methyl sites for hydroxylation is 1. The Morgan fingerprint density at radius 1 is 1.48 bits per heavy atom. The number of hydrogen-bond donors (Lipinski definition) is 1. The normalized spacial score (nSPS) is 12.7. The summed E-state index contributed by atoms with van der Waals surface area (Å²) in [7, 11) is 1.03. The van der Waals surface area contributed by atoms with Gasteiger partial charge in [-0.1, -0.05) is 11.6 Å². The Hall–Kier alpha value is -2.47. The van der Waals surface area contributed by atoms with Gasteiger partial charge in [0.05, 0.1) is 9.82 Å². The summed E-state index contributed by atoms with van der Waals surface area (Å²) in [6.07, 6.45) is -4.76. The van der Waals surface area contributed by atoms with Gasteiger partial charge in [-0.15, -0.1) is 16.9 Å². The summed E-state index contributed by atoms with van der Waals surface area (Å²) < 4.78 is 44.6. The van der Waals surface area contributed by atoms with Crippen LogP contribution in [0.1, 0.15) is 12.6 Å². The van der Waals surface area contributed by atoms with Gasteiger partial charge in [-0.05, 0) is 13.0 Å².